The molecule has 0 aliphatic rings. The third-order valence-electron chi connectivity index (χ3n) is 2.46. The molecule has 0 atom stereocenters. The van der Waals surface area contributed by atoms with Crippen molar-refractivity contribution in [1.29, 1.82) is 0 Å². The number of carbonyl (C=O) groups excluding carboxylic acids is 1. The summed E-state index contributed by atoms with van der Waals surface area (Å²) in [4.78, 5) is 22.3. The third kappa shape index (κ3) is 4.67. The normalized spacial score (nSPS) is 9.79. The minimum Gasteiger partial charge on any atom is -0.478 e. The number of aromatic carboxylic acids is 1. The van der Waals surface area contributed by atoms with Crippen molar-refractivity contribution < 1.29 is 14.7 Å². The number of hydrogen-bond donors (Lipinski definition) is 3. The molecule has 0 saturated carbocycles. The van der Waals surface area contributed by atoms with Crippen LogP contribution >= 0.6 is 12.2 Å². The molecule has 1 aromatic carbocycles. The summed E-state index contributed by atoms with van der Waals surface area (Å²) in [5.74, 6) is -1.17. The molecule has 0 saturated heterocycles. The van der Waals surface area contributed by atoms with Crippen LogP contribution in [0.2, 0.25) is 0 Å². The second-order valence-corrected chi connectivity index (χ2v) is 4.50. The minimum atomic E-state index is -1.01. The Balaban J connectivity index is 2.76. The monoisotopic (exact) mass is 280 g/mol. The van der Waals surface area contributed by atoms with Crippen LogP contribution in [0.1, 0.15) is 35.7 Å². The molecule has 19 heavy (non-hydrogen) atoms. The zero-order chi connectivity index (χ0) is 14.4. The number of rotatable bonds is 4. The van der Waals surface area contributed by atoms with Crippen LogP contribution in [0.15, 0.2) is 18.2 Å². The van der Waals surface area contributed by atoms with E-state index in [9.17, 15) is 9.59 Å². The largest absolute Gasteiger partial charge is 0.478 e. The lowest BCUT2D eigenvalue weighted by molar-refractivity contribution is -0.119. The molecule has 5 nitrogen and oxygen atoms in total. The summed E-state index contributed by atoms with van der Waals surface area (Å²) in [6.07, 6.45) is 1.14. The highest BCUT2D eigenvalue weighted by molar-refractivity contribution is 7.80. The highest BCUT2D eigenvalue weighted by Gasteiger charge is 2.08. The molecule has 0 spiro atoms. The lowest BCUT2D eigenvalue weighted by Crippen LogP contribution is -2.34. The van der Waals surface area contributed by atoms with Crippen LogP contribution in [-0.4, -0.2) is 22.1 Å². The fourth-order valence-electron chi connectivity index (χ4n) is 1.46. The quantitative estimate of drug-likeness (QED) is 0.738. The lowest BCUT2D eigenvalue weighted by Gasteiger charge is -2.12. The molecule has 0 unspecified atom stereocenters. The lowest BCUT2D eigenvalue weighted by atomic mass is 10.1. The van der Waals surface area contributed by atoms with Crippen LogP contribution in [0.4, 0.5) is 5.69 Å². The standard InChI is InChI=1S/C13H16N2O3S/c1-3-4-11(16)15-13(19)14-10-7-9(12(17)18)6-5-8(10)2/h5-7H,3-4H2,1-2H3,(H,17,18)(H2,14,15,16,19). The maximum atomic E-state index is 11.4. The van der Waals surface area contributed by atoms with Gasteiger partial charge in [-0.3, -0.25) is 4.79 Å². The number of amides is 1. The van der Waals surface area contributed by atoms with E-state index in [0.717, 1.165) is 12.0 Å². The van der Waals surface area contributed by atoms with Gasteiger partial charge in [-0.15, -0.1) is 0 Å². The van der Waals surface area contributed by atoms with Crippen molar-refractivity contribution in [2.24, 2.45) is 0 Å². The van der Waals surface area contributed by atoms with Gasteiger partial charge in [-0.05, 0) is 43.3 Å². The van der Waals surface area contributed by atoms with E-state index in [1.165, 1.54) is 12.1 Å². The molecule has 1 rings (SSSR count). The second kappa shape index (κ2) is 6.84. The number of thiocarbonyl (C=S) groups is 1. The highest BCUT2D eigenvalue weighted by Crippen LogP contribution is 2.16. The Bertz CT molecular complexity index is 515. The first-order valence-corrected chi connectivity index (χ1v) is 6.29. The van der Waals surface area contributed by atoms with Crippen molar-refractivity contribution >= 4 is 34.9 Å². The van der Waals surface area contributed by atoms with Gasteiger partial charge in [-0.2, -0.15) is 0 Å². The van der Waals surface area contributed by atoms with Gasteiger partial charge in [0.2, 0.25) is 5.91 Å². The van der Waals surface area contributed by atoms with E-state index < -0.39 is 5.97 Å². The molecule has 1 amide bonds. The Hall–Kier alpha value is -1.95. The summed E-state index contributed by atoms with van der Waals surface area (Å²) in [6.45, 7) is 3.72. The molecule has 0 bridgehead atoms. The van der Waals surface area contributed by atoms with Crippen LogP contribution in [-0.2, 0) is 4.79 Å². The van der Waals surface area contributed by atoms with Gasteiger partial charge in [0.25, 0.3) is 0 Å². The predicted molar refractivity (Wildman–Crippen MR) is 77.4 cm³/mol. The summed E-state index contributed by atoms with van der Waals surface area (Å²) in [5, 5.41) is 14.5. The van der Waals surface area contributed by atoms with E-state index in [0.29, 0.717) is 12.1 Å². The number of benzene rings is 1. The highest BCUT2D eigenvalue weighted by atomic mass is 32.1. The summed E-state index contributed by atoms with van der Waals surface area (Å²) in [7, 11) is 0. The first kappa shape index (κ1) is 15.1. The molecule has 6 heteroatoms. The molecule has 3 N–H and O–H groups in total. The first-order chi connectivity index (χ1) is 8.93. The van der Waals surface area contributed by atoms with Crippen LogP contribution in [0.25, 0.3) is 0 Å². The third-order valence-corrected chi connectivity index (χ3v) is 2.67. The van der Waals surface area contributed by atoms with Gasteiger partial charge in [-0.25, -0.2) is 4.79 Å². The number of aryl methyl sites for hydroxylation is 1. The zero-order valence-corrected chi connectivity index (χ0v) is 11.6. The number of nitrogens with one attached hydrogen (secondary N) is 2. The topological polar surface area (TPSA) is 78.4 Å². The summed E-state index contributed by atoms with van der Waals surface area (Å²) < 4.78 is 0. The van der Waals surface area contributed by atoms with Gasteiger partial charge >= 0.3 is 5.97 Å². The predicted octanol–water partition coefficient (Wildman–Crippen LogP) is 2.31. The maximum Gasteiger partial charge on any atom is 0.335 e. The molecule has 0 aliphatic heterocycles. The number of carboxylic acids is 1. The van der Waals surface area contributed by atoms with Crippen molar-refractivity contribution in [3.05, 3.63) is 29.3 Å². The zero-order valence-electron chi connectivity index (χ0n) is 10.8. The molecule has 1 aromatic rings. The summed E-state index contributed by atoms with van der Waals surface area (Å²) in [5.41, 5.74) is 1.58. The Labute approximate surface area is 117 Å². The van der Waals surface area contributed by atoms with Gasteiger partial charge in [0.15, 0.2) is 5.11 Å². The first-order valence-electron chi connectivity index (χ1n) is 5.88. The summed E-state index contributed by atoms with van der Waals surface area (Å²) >= 11 is 5.00. The number of carboxylic acid groups (broad SMARTS) is 1. The van der Waals surface area contributed by atoms with Crippen molar-refractivity contribution in [3.63, 3.8) is 0 Å². The average molecular weight is 280 g/mol. The number of hydrogen-bond acceptors (Lipinski definition) is 3. The Morgan fingerprint density at radius 3 is 2.63 bits per heavy atom. The van der Waals surface area contributed by atoms with Gasteiger partial charge in [0, 0.05) is 12.1 Å². The van der Waals surface area contributed by atoms with E-state index in [-0.39, 0.29) is 16.6 Å². The van der Waals surface area contributed by atoms with Gasteiger partial charge in [0.1, 0.15) is 0 Å². The van der Waals surface area contributed by atoms with Crippen LogP contribution in [0.5, 0.6) is 0 Å². The fraction of sp³-hybridized carbons (Fsp3) is 0.308. The van der Waals surface area contributed by atoms with E-state index >= 15 is 0 Å². The van der Waals surface area contributed by atoms with Crippen molar-refractivity contribution in [2.75, 3.05) is 5.32 Å². The second-order valence-electron chi connectivity index (χ2n) is 4.09. The van der Waals surface area contributed by atoms with E-state index in [4.69, 9.17) is 17.3 Å². The summed E-state index contributed by atoms with van der Waals surface area (Å²) in [6, 6.07) is 4.68. The molecule has 102 valence electrons. The van der Waals surface area contributed by atoms with Crippen LogP contribution in [0.3, 0.4) is 0 Å². The smallest absolute Gasteiger partial charge is 0.335 e. The molecular formula is C13H16N2O3S. The van der Waals surface area contributed by atoms with E-state index in [1.807, 2.05) is 13.8 Å². The Morgan fingerprint density at radius 1 is 1.37 bits per heavy atom. The molecular weight excluding hydrogens is 264 g/mol. The molecule has 0 aliphatic carbocycles. The SMILES string of the molecule is CCCC(=O)NC(=S)Nc1cc(C(=O)O)ccc1C. The Kier molecular flexibility index (Phi) is 5.44. The van der Waals surface area contributed by atoms with Crippen molar-refractivity contribution in [1.82, 2.24) is 5.32 Å². The minimum absolute atomic E-state index is 0.160. The van der Waals surface area contributed by atoms with Crippen LogP contribution < -0.4 is 10.6 Å². The van der Waals surface area contributed by atoms with E-state index in [2.05, 4.69) is 10.6 Å². The van der Waals surface area contributed by atoms with Crippen molar-refractivity contribution in [2.45, 2.75) is 26.7 Å². The molecule has 0 radical (unpaired) electrons. The number of anilines is 1. The Morgan fingerprint density at radius 2 is 2.05 bits per heavy atom. The molecule has 0 fully saturated rings. The molecule has 0 heterocycles. The average Bonchev–Trinajstić information content (AvgIpc) is 2.31. The van der Waals surface area contributed by atoms with Gasteiger partial charge in [-0.1, -0.05) is 13.0 Å². The van der Waals surface area contributed by atoms with Crippen molar-refractivity contribution in [3.8, 4) is 0 Å². The maximum absolute atomic E-state index is 11.4. The van der Waals surface area contributed by atoms with E-state index in [1.54, 1.807) is 6.07 Å². The number of carbonyl (C=O) groups is 2. The molecule has 0 aromatic heterocycles. The van der Waals surface area contributed by atoms with Gasteiger partial charge < -0.3 is 15.7 Å². The van der Waals surface area contributed by atoms with Crippen LogP contribution in [0, 0.1) is 6.92 Å². The fourth-order valence-corrected chi connectivity index (χ4v) is 1.68. The van der Waals surface area contributed by atoms with Gasteiger partial charge in [0.05, 0.1) is 5.56 Å².